The lowest BCUT2D eigenvalue weighted by Crippen LogP contribution is -2.47. The summed E-state index contributed by atoms with van der Waals surface area (Å²) in [5.41, 5.74) is 1.61. The molecular weight excluding hydrogens is 414 g/mol. The molecule has 2 aromatic rings. The summed E-state index contributed by atoms with van der Waals surface area (Å²) in [6.45, 7) is 2.82. The van der Waals surface area contributed by atoms with Crippen LogP contribution >= 0.6 is 0 Å². The summed E-state index contributed by atoms with van der Waals surface area (Å²) < 4.78 is 10.5. The van der Waals surface area contributed by atoms with Crippen molar-refractivity contribution in [3.05, 3.63) is 77.0 Å². The molecule has 0 saturated heterocycles. The van der Waals surface area contributed by atoms with Gasteiger partial charge in [-0.05, 0) is 30.7 Å². The number of nitrogens with one attached hydrogen (secondary N) is 3. The molecule has 1 heterocycles. The van der Waals surface area contributed by atoms with E-state index in [2.05, 4.69) is 16.0 Å². The van der Waals surface area contributed by atoms with E-state index < -0.39 is 24.0 Å². The van der Waals surface area contributed by atoms with Crippen LogP contribution in [0.25, 0.3) is 0 Å². The number of amides is 3. The number of carbonyl (C=O) groups excluding carboxylic acids is 4. The maximum absolute atomic E-state index is 12.7. The van der Waals surface area contributed by atoms with Gasteiger partial charge in [0.1, 0.15) is 6.61 Å². The normalized spacial score (nSPS) is 15.3. The molecule has 1 aliphatic rings. The Morgan fingerprint density at radius 2 is 1.75 bits per heavy atom. The SMILES string of the molecule is CCOC(=O)C1=C(COC(=O)c2cccc(NC(C)=O)c2)NC(=O)N[C@H]1c1ccccc1. The Bertz CT molecular complexity index is 1060. The lowest BCUT2D eigenvalue weighted by molar-refractivity contribution is -0.139. The zero-order valence-corrected chi connectivity index (χ0v) is 17.6. The van der Waals surface area contributed by atoms with E-state index in [1.54, 1.807) is 43.3 Å². The van der Waals surface area contributed by atoms with E-state index in [0.29, 0.717) is 11.3 Å². The second kappa shape index (κ2) is 10.3. The van der Waals surface area contributed by atoms with Crippen LogP contribution in [-0.4, -0.2) is 37.1 Å². The van der Waals surface area contributed by atoms with E-state index in [1.165, 1.54) is 19.1 Å². The molecule has 9 nitrogen and oxygen atoms in total. The third-order valence-corrected chi connectivity index (χ3v) is 4.55. The Morgan fingerprint density at radius 1 is 1.00 bits per heavy atom. The maximum atomic E-state index is 12.7. The highest BCUT2D eigenvalue weighted by Gasteiger charge is 2.34. The van der Waals surface area contributed by atoms with E-state index in [9.17, 15) is 19.2 Å². The van der Waals surface area contributed by atoms with Crippen molar-refractivity contribution in [1.29, 1.82) is 0 Å². The monoisotopic (exact) mass is 437 g/mol. The van der Waals surface area contributed by atoms with Crippen molar-refractivity contribution in [3.63, 3.8) is 0 Å². The Kier molecular flexibility index (Phi) is 7.22. The van der Waals surface area contributed by atoms with Crippen molar-refractivity contribution >= 4 is 29.6 Å². The molecule has 166 valence electrons. The fourth-order valence-corrected chi connectivity index (χ4v) is 3.23. The third-order valence-electron chi connectivity index (χ3n) is 4.55. The van der Waals surface area contributed by atoms with Crippen LogP contribution in [0, 0.1) is 0 Å². The van der Waals surface area contributed by atoms with E-state index in [-0.39, 0.29) is 36.0 Å². The lowest BCUT2D eigenvalue weighted by Gasteiger charge is -2.29. The van der Waals surface area contributed by atoms with E-state index in [1.807, 2.05) is 6.07 Å². The number of ether oxygens (including phenoxy) is 2. The van der Waals surface area contributed by atoms with Crippen molar-refractivity contribution in [2.75, 3.05) is 18.5 Å². The molecule has 32 heavy (non-hydrogen) atoms. The van der Waals surface area contributed by atoms with Gasteiger partial charge in [0.2, 0.25) is 5.91 Å². The van der Waals surface area contributed by atoms with Gasteiger partial charge >= 0.3 is 18.0 Å². The highest BCUT2D eigenvalue weighted by molar-refractivity contribution is 5.96. The summed E-state index contributed by atoms with van der Waals surface area (Å²) in [7, 11) is 0. The van der Waals surface area contributed by atoms with Crippen molar-refractivity contribution in [2.24, 2.45) is 0 Å². The summed E-state index contributed by atoms with van der Waals surface area (Å²) in [6.07, 6.45) is 0. The summed E-state index contributed by atoms with van der Waals surface area (Å²) in [6, 6.07) is 13.9. The molecule has 0 bridgehead atoms. The van der Waals surface area contributed by atoms with Gasteiger partial charge in [-0.15, -0.1) is 0 Å². The van der Waals surface area contributed by atoms with E-state index in [4.69, 9.17) is 9.47 Å². The summed E-state index contributed by atoms with van der Waals surface area (Å²) in [4.78, 5) is 48.8. The predicted octanol–water partition coefficient (Wildman–Crippen LogP) is 2.67. The van der Waals surface area contributed by atoms with Crippen LogP contribution in [-0.2, 0) is 19.1 Å². The van der Waals surface area contributed by atoms with Crippen LogP contribution in [0.1, 0.15) is 35.8 Å². The average molecular weight is 437 g/mol. The third kappa shape index (κ3) is 5.51. The quantitative estimate of drug-likeness (QED) is 0.573. The number of esters is 2. The molecule has 9 heteroatoms. The molecule has 3 amide bonds. The minimum Gasteiger partial charge on any atom is -0.463 e. The second-order valence-electron chi connectivity index (χ2n) is 6.89. The maximum Gasteiger partial charge on any atom is 0.338 e. The molecule has 0 unspecified atom stereocenters. The van der Waals surface area contributed by atoms with Crippen LogP contribution < -0.4 is 16.0 Å². The first kappa shape index (κ1) is 22.5. The molecule has 0 aliphatic carbocycles. The van der Waals surface area contributed by atoms with Gasteiger partial charge < -0.3 is 25.4 Å². The molecule has 1 atom stereocenters. The Morgan fingerprint density at radius 3 is 2.44 bits per heavy atom. The molecule has 2 aromatic carbocycles. The van der Waals surface area contributed by atoms with Crippen LogP contribution in [0.15, 0.2) is 65.9 Å². The first-order valence-corrected chi connectivity index (χ1v) is 9.96. The number of carbonyl (C=O) groups is 4. The molecule has 1 aliphatic heterocycles. The Hall–Kier alpha value is -4.14. The minimum absolute atomic E-state index is 0.132. The second-order valence-corrected chi connectivity index (χ2v) is 6.89. The standard InChI is InChI=1S/C23H23N3O6/c1-3-31-22(29)19-18(25-23(30)26-20(19)15-8-5-4-6-9-15)13-32-21(28)16-10-7-11-17(12-16)24-14(2)27/h4-12,20H,3,13H2,1-2H3,(H,24,27)(H2,25,26,30)/t20-/m0/s1. The Balaban J connectivity index is 1.87. The molecule has 0 aromatic heterocycles. The zero-order chi connectivity index (χ0) is 23.1. The highest BCUT2D eigenvalue weighted by Crippen LogP contribution is 2.28. The highest BCUT2D eigenvalue weighted by atomic mass is 16.5. The fraction of sp³-hybridized carbons (Fsp3) is 0.217. The predicted molar refractivity (Wildman–Crippen MR) is 116 cm³/mol. The van der Waals surface area contributed by atoms with E-state index in [0.717, 1.165) is 0 Å². The van der Waals surface area contributed by atoms with Gasteiger partial charge in [-0.3, -0.25) is 4.79 Å². The molecule has 0 radical (unpaired) electrons. The van der Waals surface area contributed by atoms with Gasteiger partial charge in [-0.2, -0.15) is 0 Å². The van der Waals surface area contributed by atoms with Gasteiger partial charge in [-0.25, -0.2) is 14.4 Å². The lowest BCUT2D eigenvalue weighted by atomic mass is 9.95. The first-order chi connectivity index (χ1) is 15.4. The molecule has 0 spiro atoms. The van der Waals surface area contributed by atoms with Crippen LogP contribution in [0.3, 0.4) is 0 Å². The molecule has 3 rings (SSSR count). The molecule has 0 saturated carbocycles. The molecule has 0 fully saturated rings. The Labute approximate surface area is 184 Å². The summed E-state index contributed by atoms with van der Waals surface area (Å²) >= 11 is 0. The van der Waals surface area contributed by atoms with Crippen molar-refractivity contribution in [1.82, 2.24) is 10.6 Å². The van der Waals surface area contributed by atoms with Gasteiger partial charge in [-0.1, -0.05) is 36.4 Å². The topological polar surface area (TPSA) is 123 Å². The minimum atomic E-state index is -0.763. The van der Waals surface area contributed by atoms with Crippen molar-refractivity contribution in [3.8, 4) is 0 Å². The summed E-state index contributed by atoms with van der Waals surface area (Å²) in [5, 5.41) is 7.84. The number of benzene rings is 2. The first-order valence-electron chi connectivity index (χ1n) is 9.96. The zero-order valence-electron chi connectivity index (χ0n) is 17.6. The van der Waals surface area contributed by atoms with Crippen molar-refractivity contribution < 1.29 is 28.7 Å². The number of hydrogen-bond acceptors (Lipinski definition) is 6. The van der Waals surface area contributed by atoms with Gasteiger partial charge in [0.15, 0.2) is 0 Å². The van der Waals surface area contributed by atoms with Gasteiger partial charge in [0, 0.05) is 12.6 Å². The number of hydrogen-bond donors (Lipinski definition) is 3. The summed E-state index contributed by atoms with van der Waals surface area (Å²) in [5.74, 6) is -1.59. The van der Waals surface area contributed by atoms with Crippen molar-refractivity contribution in [2.45, 2.75) is 19.9 Å². The van der Waals surface area contributed by atoms with Gasteiger partial charge in [0.05, 0.1) is 29.5 Å². The number of urea groups is 1. The smallest absolute Gasteiger partial charge is 0.338 e. The molecular formula is C23H23N3O6. The van der Waals surface area contributed by atoms with E-state index >= 15 is 0 Å². The van der Waals surface area contributed by atoms with Crippen LogP contribution in [0.4, 0.5) is 10.5 Å². The van der Waals surface area contributed by atoms with Gasteiger partial charge in [0.25, 0.3) is 0 Å². The van der Waals surface area contributed by atoms with Crippen LogP contribution in [0.5, 0.6) is 0 Å². The molecule has 3 N–H and O–H groups in total. The average Bonchev–Trinajstić information content (AvgIpc) is 2.77. The van der Waals surface area contributed by atoms with Crippen LogP contribution in [0.2, 0.25) is 0 Å². The number of anilines is 1. The largest absolute Gasteiger partial charge is 0.463 e. The number of rotatable bonds is 7. The fourth-order valence-electron chi connectivity index (χ4n) is 3.23.